The Labute approximate surface area is 91.5 Å². The minimum absolute atomic E-state index is 0.126. The SMILES string of the molecule is NCC1(OCC(O)C(F)(F)F)CCOCC1. The lowest BCUT2D eigenvalue weighted by Crippen LogP contribution is -2.48. The lowest BCUT2D eigenvalue weighted by atomic mass is 9.94. The van der Waals surface area contributed by atoms with Gasteiger partial charge in [0.05, 0.1) is 12.2 Å². The molecule has 16 heavy (non-hydrogen) atoms. The highest BCUT2D eigenvalue weighted by Gasteiger charge is 2.41. The van der Waals surface area contributed by atoms with Crippen LogP contribution in [0.1, 0.15) is 12.8 Å². The number of hydrogen-bond acceptors (Lipinski definition) is 4. The first-order valence-corrected chi connectivity index (χ1v) is 5.06. The maximum atomic E-state index is 12.0. The Balaban J connectivity index is 2.45. The van der Waals surface area contributed by atoms with Crippen LogP contribution < -0.4 is 5.73 Å². The second kappa shape index (κ2) is 5.31. The van der Waals surface area contributed by atoms with E-state index in [0.29, 0.717) is 26.1 Å². The minimum atomic E-state index is -4.65. The van der Waals surface area contributed by atoms with Crippen molar-refractivity contribution in [2.45, 2.75) is 30.7 Å². The first-order valence-electron chi connectivity index (χ1n) is 5.06. The van der Waals surface area contributed by atoms with Gasteiger partial charge in [0.2, 0.25) is 0 Å². The largest absolute Gasteiger partial charge is 0.416 e. The third-order valence-corrected chi connectivity index (χ3v) is 2.70. The molecule has 7 heteroatoms. The summed E-state index contributed by atoms with van der Waals surface area (Å²) in [5.74, 6) is 0. The van der Waals surface area contributed by atoms with Crippen LogP contribution in [0, 0.1) is 0 Å². The maximum absolute atomic E-state index is 12.0. The molecular weight excluding hydrogens is 227 g/mol. The van der Waals surface area contributed by atoms with Crippen LogP contribution in [0.3, 0.4) is 0 Å². The Bertz CT molecular complexity index is 217. The number of halogens is 3. The molecule has 1 heterocycles. The molecule has 1 aliphatic heterocycles. The number of ether oxygens (including phenoxy) is 2. The van der Waals surface area contributed by atoms with Crippen molar-refractivity contribution in [1.29, 1.82) is 0 Å². The predicted molar refractivity (Wildman–Crippen MR) is 49.9 cm³/mol. The third kappa shape index (κ3) is 3.58. The van der Waals surface area contributed by atoms with Crippen molar-refractivity contribution in [2.75, 3.05) is 26.4 Å². The molecule has 96 valence electrons. The molecule has 4 nitrogen and oxygen atoms in total. The van der Waals surface area contributed by atoms with E-state index in [2.05, 4.69) is 0 Å². The normalized spacial score (nSPS) is 23.1. The van der Waals surface area contributed by atoms with Crippen LogP contribution in [0.2, 0.25) is 0 Å². The quantitative estimate of drug-likeness (QED) is 0.751. The van der Waals surface area contributed by atoms with Gasteiger partial charge in [0.15, 0.2) is 6.10 Å². The summed E-state index contributed by atoms with van der Waals surface area (Å²) in [6.07, 6.45) is -6.21. The van der Waals surface area contributed by atoms with Crippen LogP contribution in [-0.4, -0.2) is 49.4 Å². The molecule has 0 bridgehead atoms. The summed E-state index contributed by atoms with van der Waals surface area (Å²) >= 11 is 0. The summed E-state index contributed by atoms with van der Waals surface area (Å²) in [5.41, 5.74) is 4.70. The smallest absolute Gasteiger partial charge is 0.382 e. The van der Waals surface area contributed by atoms with Gasteiger partial charge in [-0.2, -0.15) is 13.2 Å². The first kappa shape index (κ1) is 13.7. The molecule has 0 aliphatic carbocycles. The van der Waals surface area contributed by atoms with Gasteiger partial charge in [0.1, 0.15) is 0 Å². The van der Waals surface area contributed by atoms with Gasteiger partial charge < -0.3 is 20.3 Å². The number of aliphatic hydroxyl groups excluding tert-OH is 1. The van der Waals surface area contributed by atoms with Crippen molar-refractivity contribution in [3.05, 3.63) is 0 Å². The highest BCUT2D eigenvalue weighted by molar-refractivity contribution is 4.85. The molecule has 1 aliphatic rings. The number of nitrogens with two attached hydrogens (primary N) is 1. The van der Waals surface area contributed by atoms with Crippen molar-refractivity contribution < 1.29 is 27.8 Å². The zero-order valence-electron chi connectivity index (χ0n) is 8.79. The molecule has 1 atom stereocenters. The van der Waals surface area contributed by atoms with Crippen molar-refractivity contribution in [2.24, 2.45) is 5.73 Å². The van der Waals surface area contributed by atoms with Crippen LogP contribution >= 0.6 is 0 Å². The topological polar surface area (TPSA) is 64.7 Å². The molecule has 3 N–H and O–H groups in total. The fourth-order valence-corrected chi connectivity index (χ4v) is 1.50. The molecule has 0 radical (unpaired) electrons. The highest BCUT2D eigenvalue weighted by Crippen LogP contribution is 2.26. The lowest BCUT2D eigenvalue weighted by Gasteiger charge is -2.36. The number of hydrogen-bond donors (Lipinski definition) is 2. The van der Waals surface area contributed by atoms with E-state index in [1.807, 2.05) is 0 Å². The molecular formula is C9H16F3NO3. The summed E-state index contributed by atoms with van der Waals surface area (Å²) in [6, 6.07) is 0. The van der Waals surface area contributed by atoms with E-state index >= 15 is 0 Å². The van der Waals surface area contributed by atoms with Gasteiger partial charge in [0, 0.05) is 32.6 Å². The Kier molecular flexibility index (Phi) is 4.54. The van der Waals surface area contributed by atoms with Crippen LogP contribution in [0.15, 0.2) is 0 Å². The molecule has 1 fully saturated rings. The fraction of sp³-hybridized carbons (Fsp3) is 1.00. The van der Waals surface area contributed by atoms with E-state index in [4.69, 9.17) is 20.3 Å². The summed E-state index contributed by atoms with van der Waals surface area (Å²) < 4.78 is 46.4. The van der Waals surface area contributed by atoms with Crippen molar-refractivity contribution in [3.63, 3.8) is 0 Å². The van der Waals surface area contributed by atoms with Gasteiger partial charge in [-0.15, -0.1) is 0 Å². The summed E-state index contributed by atoms with van der Waals surface area (Å²) in [5, 5.41) is 8.80. The van der Waals surface area contributed by atoms with Gasteiger partial charge in [0.25, 0.3) is 0 Å². The number of rotatable bonds is 4. The predicted octanol–water partition coefficient (Wildman–Crippen LogP) is 0.434. The van der Waals surface area contributed by atoms with E-state index in [1.54, 1.807) is 0 Å². The van der Waals surface area contributed by atoms with Crippen molar-refractivity contribution in [1.82, 2.24) is 0 Å². The number of alkyl halides is 3. The summed E-state index contributed by atoms with van der Waals surface area (Å²) in [7, 11) is 0. The zero-order chi connectivity index (χ0) is 12.2. The molecule has 0 amide bonds. The Morgan fingerprint density at radius 3 is 2.38 bits per heavy atom. The van der Waals surface area contributed by atoms with Crippen molar-refractivity contribution >= 4 is 0 Å². The molecule has 0 saturated carbocycles. The highest BCUT2D eigenvalue weighted by atomic mass is 19.4. The lowest BCUT2D eigenvalue weighted by molar-refractivity contribution is -0.232. The molecule has 0 aromatic carbocycles. The Morgan fingerprint density at radius 2 is 1.94 bits per heavy atom. The van der Waals surface area contributed by atoms with Crippen LogP contribution in [0.4, 0.5) is 13.2 Å². The van der Waals surface area contributed by atoms with Gasteiger partial charge in [-0.05, 0) is 0 Å². The van der Waals surface area contributed by atoms with E-state index in [-0.39, 0.29) is 6.54 Å². The first-order chi connectivity index (χ1) is 7.40. The summed E-state index contributed by atoms with van der Waals surface area (Å²) in [6.45, 7) is 0.181. The van der Waals surface area contributed by atoms with E-state index in [0.717, 1.165) is 0 Å². The van der Waals surface area contributed by atoms with Crippen LogP contribution in [-0.2, 0) is 9.47 Å². The average Bonchev–Trinajstić information content (AvgIpc) is 2.26. The summed E-state index contributed by atoms with van der Waals surface area (Å²) in [4.78, 5) is 0. The Hall–Kier alpha value is -0.370. The standard InChI is InChI=1S/C9H16F3NO3/c10-9(11,12)7(14)5-16-8(6-13)1-3-15-4-2-8/h7,14H,1-6,13H2. The molecule has 0 aromatic heterocycles. The van der Waals surface area contributed by atoms with E-state index < -0.39 is 24.5 Å². The van der Waals surface area contributed by atoms with Gasteiger partial charge in [-0.1, -0.05) is 0 Å². The Morgan fingerprint density at radius 1 is 1.38 bits per heavy atom. The fourth-order valence-electron chi connectivity index (χ4n) is 1.50. The van der Waals surface area contributed by atoms with E-state index in [9.17, 15) is 13.2 Å². The molecule has 1 rings (SSSR count). The average molecular weight is 243 g/mol. The zero-order valence-corrected chi connectivity index (χ0v) is 8.79. The molecule has 0 spiro atoms. The second-order valence-corrected chi connectivity index (χ2v) is 3.87. The molecule has 1 unspecified atom stereocenters. The monoisotopic (exact) mass is 243 g/mol. The molecule has 0 aromatic rings. The maximum Gasteiger partial charge on any atom is 0.416 e. The molecule has 1 saturated heterocycles. The van der Waals surface area contributed by atoms with Crippen LogP contribution in [0.25, 0.3) is 0 Å². The van der Waals surface area contributed by atoms with Crippen LogP contribution in [0.5, 0.6) is 0 Å². The number of aliphatic hydroxyl groups is 1. The minimum Gasteiger partial charge on any atom is -0.382 e. The van der Waals surface area contributed by atoms with Crippen molar-refractivity contribution in [3.8, 4) is 0 Å². The van der Waals surface area contributed by atoms with E-state index in [1.165, 1.54) is 0 Å². The third-order valence-electron chi connectivity index (χ3n) is 2.70. The second-order valence-electron chi connectivity index (χ2n) is 3.87. The van der Waals surface area contributed by atoms with Gasteiger partial charge in [-0.3, -0.25) is 0 Å². The van der Waals surface area contributed by atoms with Gasteiger partial charge >= 0.3 is 6.18 Å². The van der Waals surface area contributed by atoms with Gasteiger partial charge in [-0.25, -0.2) is 0 Å².